The topological polar surface area (TPSA) is 55.6 Å². The lowest BCUT2D eigenvalue weighted by atomic mass is 9.92. The summed E-state index contributed by atoms with van der Waals surface area (Å²) in [4.78, 5) is 13.1. The molecule has 0 aromatic rings. The summed E-state index contributed by atoms with van der Waals surface area (Å²) in [5.41, 5.74) is 5.24. The summed E-state index contributed by atoms with van der Waals surface area (Å²) in [5.74, 6) is -0.244. The van der Waals surface area contributed by atoms with E-state index in [0.29, 0.717) is 0 Å². The summed E-state index contributed by atoms with van der Waals surface area (Å²) in [7, 11) is 1.74. The van der Waals surface area contributed by atoms with Crippen molar-refractivity contribution in [2.24, 2.45) is 5.73 Å². The predicted octanol–water partition coefficient (Wildman–Crippen LogP) is 0.361. The molecule has 1 amide bonds. The highest BCUT2D eigenvalue weighted by atomic mass is 16.5. The van der Waals surface area contributed by atoms with Crippen molar-refractivity contribution >= 4 is 5.91 Å². The summed E-state index contributed by atoms with van der Waals surface area (Å²) in [6.07, 6.45) is 1.92. The van der Waals surface area contributed by atoms with Crippen molar-refractivity contribution in [1.29, 1.82) is 0 Å². The van der Waals surface area contributed by atoms with E-state index in [2.05, 4.69) is 11.8 Å². The first-order chi connectivity index (χ1) is 6.48. The Bertz CT molecular complexity index is 210. The van der Waals surface area contributed by atoms with E-state index in [0.717, 1.165) is 25.9 Å². The summed E-state index contributed by atoms with van der Waals surface area (Å²) in [6, 6.07) is -0.156. The molecular weight excluding hydrogens is 180 g/mol. The molecule has 4 nitrogen and oxygen atoms in total. The van der Waals surface area contributed by atoms with Crippen LogP contribution >= 0.6 is 0 Å². The van der Waals surface area contributed by atoms with Crippen molar-refractivity contribution in [2.75, 3.05) is 20.2 Å². The van der Waals surface area contributed by atoms with Gasteiger partial charge in [-0.3, -0.25) is 9.69 Å². The van der Waals surface area contributed by atoms with Crippen molar-refractivity contribution in [2.45, 2.75) is 38.3 Å². The van der Waals surface area contributed by atoms with E-state index in [9.17, 15) is 4.79 Å². The molecule has 0 aliphatic carbocycles. The van der Waals surface area contributed by atoms with Gasteiger partial charge < -0.3 is 10.5 Å². The van der Waals surface area contributed by atoms with E-state index in [1.165, 1.54) is 0 Å². The number of nitrogens with two attached hydrogens (primary N) is 1. The Balaban J connectivity index is 2.47. The predicted molar refractivity (Wildman–Crippen MR) is 54.9 cm³/mol. The van der Waals surface area contributed by atoms with Gasteiger partial charge in [-0.15, -0.1) is 0 Å². The van der Waals surface area contributed by atoms with Gasteiger partial charge in [0, 0.05) is 20.2 Å². The van der Waals surface area contributed by atoms with Crippen LogP contribution in [-0.4, -0.2) is 42.6 Å². The summed E-state index contributed by atoms with van der Waals surface area (Å²) in [6.45, 7) is 5.74. The maximum Gasteiger partial charge on any atom is 0.234 e. The second-order valence-corrected chi connectivity index (χ2v) is 4.27. The molecule has 1 saturated heterocycles. The van der Waals surface area contributed by atoms with E-state index < -0.39 is 0 Å². The second-order valence-electron chi connectivity index (χ2n) is 4.27. The Morgan fingerprint density at radius 2 is 2.00 bits per heavy atom. The lowest BCUT2D eigenvalue weighted by Crippen LogP contribution is -2.50. The Morgan fingerprint density at radius 1 is 1.50 bits per heavy atom. The largest absolute Gasteiger partial charge is 0.378 e. The number of methoxy groups -OCH3 is 1. The van der Waals surface area contributed by atoms with Gasteiger partial charge in [0.1, 0.15) is 0 Å². The quantitative estimate of drug-likeness (QED) is 0.715. The number of carbonyl (C=O) groups excluding carboxylic acids is 1. The van der Waals surface area contributed by atoms with E-state index in [-0.39, 0.29) is 17.6 Å². The minimum Gasteiger partial charge on any atom is -0.378 e. The van der Waals surface area contributed by atoms with Crippen LogP contribution in [-0.2, 0) is 9.53 Å². The molecule has 4 heteroatoms. The third-order valence-electron chi connectivity index (χ3n) is 3.31. The van der Waals surface area contributed by atoms with Crippen LogP contribution in [0.25, 0.3) is 0 Å². The molecule has 0 saturated carbocycles. The van der Waals surface area contributed by atoms with Gasteiger partial charge in [0.05, 0.1) is 11.6 Å². The molecular formula is C10H20N2O2. The minimum absolute atomic E-state index is 0.0200. The molecule has 1 heterocycles. The molecule has 0 bridgehead atoms. The van der Waals surface area contributed by atoms with Crippen molar-refractivity contribution in [3.8, 4) is 0 Å². The van der Waals surface area contributed by atoms with Crippen LogP contribution < -0.4 is 5.73 Å². The van der Waals surface area contributed by atoms with E-state index in [1.54, 1.807) is 7.11 Å². The average Bonchev–Trinajstić information content (AvgIpc) is 2.18. The number of hydrogen-bond acceptors (Lipinski definition) is 3. The summed E-state index contributed by atoms with van der Waals surface area (Å²) >= 11 is 0. The van der Waals surface area contributed by atoms with Crippen LogP contribution in [0.3, 0.4) is 0 Å². The number of ether oxygens (including phenoxy) is 1. The molecule has 1 unspecified atom stereocenters. The smallest absolute Gasteiger partial charge is 0.234 e. The van der Waals surface area contributed by atoms with Crippen molar-refractivity contribution < 1.29 is 9.53 Å². The first-order valence-electron chi connectivity index (χ1n) is 5.07. The van der Waals surface area contributed by atoms with Crippen LogP contribution in [0.15, 0.2) is 0 Å². The van der Waals surface area contributed by atoms with Crippen molar-refractivity contribution in [1.82, 2.24) is 4.90 Å². The Morgan fingerprint density at radius 3 is 2.36 bits per heavy atom. The highest BCUT2D eigenvalue weighted by Crippen LogP contribution is 2.25. The van der Waals surface area contributed by atoms with Gasteiger partial charge in [0.15, 0.2) is 0 Å². The van der Waals surface area contributed by atoms with E-state index in [1.807, 2.05) is 6.92 Å². The fraction of sp³-hybridized carbons (Fsp3) is 0.900. The van der Waals surface area contributed by atoms with E-state index >= 15 is 0 Å². The first kappa shape index (κ1) is 11.5. The number of rotatable bonds is 3. The van der Waals surface area contributed by atoms with Crippen LogP contribution in [0.1, 0.15) is 26.7 Å². The maximum absolute atomic E-state index is 11.0. The minimum atomic E-state index is -0.244. The van der Waals surface area contributed by atoms with Gasteiger partial charge in [-0.05, 0) is 26.7 Å². The van der Waals surface area contributed by atoms with Crippen LogP contribution in [0, 0.1) is 0 Å². The lowest BCUT2D eigenvalue weighted by molar-refractivity contribution is -0.125. The molecule has 0 spiro atoms. The molecule has 0 aromatic carbocycles. The number of piperidine rings is 1. The normalized spacial score (nSPS) is 24.5. The number of nitrogens with zero attached hydrogens (tertiary/aromatic N) is 1. The maximum atomic E-state index is 11.0. The number of primary amides is 1. The molecule has 1 aliphatic rings. The molecule has 0 radical (unpaired) electrons. The molecule has 1 atom stereocenters. The molecule has 2 N–H and O–H groups in total. The number of hydrogen-bond donors (Lipinski definition) is 1. The number of amides is 1. The number of likely N-dealkylation sites (tertiary alicyclic amines) is 1. The molecule has 82 valence electrons. The summed E-state index contributed by atoms with van der Waals surface area (Å²) in [5, 5.41) is 0. The zero-order valence-corrected chi connectivity index (χ0v) is 9.25. The first-order valence-corrected chi connectivity index (χ1v) is 5.07. The lowest BCUT2D eigenvalue weighted by Gasteiger charge is -2.40. The van der Waals surface area contributed by atoms with Crippen molar-refractivity contribution in [3.05, 3.63) is 0 Å². The third kappa shape index (κ3) is 2.45. The average molecular weight is 200 g/mol. The van der Waals surface area contributed by atoms with Gasteiger partial charge in [-0.1, -0.05) is 0 Å². The molecule has 0 aromatic heterocycles. The van der Waals surface area contributed by atoms with Gasteiger partial charge >= 0.3 is 0 Å². The van der Waals surface area contributed by atoms with Gasteiger partial charge in [-0.25, -0.2) is 0 Å². The van der Waals surface area contributed by atoms with E-state index in [4.69, 9.17) is 10.5 Å². The highest BCUT2D eigenvalue weighted by Gasteiger charge is 2.32. The SMILES string of the molecule is COC1(C)CCN(C(C)C(N)=O)CC1. The highest BCUT2D eigenvalue weighted by molar-refractivity contribution is 5.79. The Hall–Kier alpha value is -0.610. The van der Waals surface area contributed by atoms with Gasteiger partial charge in [-0.2, -0.15) is 0 Å². The van der Waals surface area contributed by atoms with Crippen LogP contribution in [0.2, 0.25) is 0 Å². The van der Waals surface area contributed by atoms with Crippen LogP contribution in [0.5, 0.6) is 0 Å². The number of carbonyl (C=O) groups is 1. The zero-order valence-electron chi connectivity index (χ0n) is 9.25. The standard InChI is InChI=1S/C10H20N2O2/c1-8(9(11)13)12-6-4-10(2,14-3)5-7-12/h8H,4-7H2,1-3H3,(H2,11,13). The molecule has 1 aliphatic heterocycles. The monoisotopic (exact) mass is 200 g/mol. The fourth-order valence-electron chi connectivity index (χ4n) is 1.77. The Kier molecular flexibility index (Phi) is 3.50. The van der Waals surface area contributed by atoms with Gasteiger partial charge in [0.2, 0.25) is 5.91 Å². The second kappa shape index (κ2) is 4.28. The van der Waals surface area contributed by atoms with Crippen molar-refractivity contribution in [3.63, 3.8) is 0 Å². The molecule has 14 heavy (non-hydrogen) atoms. The Labute approximate surface area is 85.4 Å². The van der Waals surface area contributed by atoms with Gasteiger partial charge in [0.25, 0.3) is 0 Å². The third-order valence-corrected chi connectivity index (χ3v) is 3.31. The zero-order chi connectivity index (χ0) is 10.8. The summed E-state index contributed by atoms with van der Waals surface area (Å²) < 4.78 is 5.42. The molecule has 1 fully saturated rings. The molecule has 1 rings (SSSR count). The fourth-order valence-corrected chi connectivity index (χ4v) is 1.77. The van der Waals surface area contributed by atoms with Crippen LogP contribution in [0.4, 0.5) is 0 Å².